The van der Waals surface area contributed by atoms with E-state index in [2.05, 4.69) is 21.3 Å². The van der Waals surface area contributed by atoms with Gasteiger partial charge in [0.25, 0.3) is 5.91 Å². The number of hydrogen-bond acceptors (Lipinski definition) is 9. The Balaban J connectivity index is 1.36. The summed E-state index contributed by atoms with van der Waals surface area (Å²) >= 11 is 1.88. The summed E-state index contributed by atoms with van der Waals surface area (Å²) < 4.78 is 21.9. The van der Waals surface area contributed by atoms with Crippen LogP contribution in [0.15, 0.2) is 41.0 Å². The van der Waals surface area contributed by atoms with Crippen LogP contribution in [0.2, 0.25) is 0 Å². The van der Waals surface area contributed by atoms with Gasteiger partial charge in [-0.25, -0.2) is 4.63 Å². The Bertz CT molecular complexity index is 1190. The Hall–Kier alpha value is -3.24. The maximum atomic E-state index is 12.7. The molecule has 0 aliphatic carbocycles. The van der Waals surface area contributed by atoms with Crippen molar-refractivity contribution in [2.45, 2.75) is 20.0 Å². The molecule has 3 heterocycles. The zero-order valence-corrected chi connectivity index (χ0v) is 20.7. The van der Waals surface area contributed by atoms with Gasteiger partial charge in [0, 0.05) is 43.2 Å². The molecule has 0 bridgehead atoms. The number of aryl methyl sites for hydroxylation is 1. The second-order valence-electron chi connectivity index (χ2n) is 8.64. The molecule has 0 spiro atoms. The second kappa shape index (κ2) is 10.6. The van der Waals surface area contributed by atoms with Gasteiger partial charge in [-0.2, -0.15) is 11.8 Å². The molecule has 2 aromatic carbocycles. The summed E-state index contributed by atoms with van der Waals surface area (Å²) in [5, 5.41) is 7.86. The van der Waals surface area contributed by atoms with Crippen LogP contribution in [0.5, 0.6) is 17.2 Å². The van der Waals surface area contributed by atoms with Gasteiger partial charge in [0.05, 0.1) is 0 Å². The molecular weight excluding hydrogens is 468 g/mol. The van der Waals surface area contributed by atoms with E-state index in [4.69, 9.17) is 18.8 Å². The number of fused-ring (bicyclic) bond motifs is 1. The third-order valence-corrected chi connectivity index (χ3v) is 7.03. The van der Waals surface area contributed by atoms with E-state index in [-0.39, 0.29) is 19.3 Å². The highest BCUT2D eigenvalue weighted by molar-refractivity contribution is 7.99. The molecule has 3 aromatic rings. The van der Waals surface area contributed by atoms with Crippen molar-refractivity contribution in [1.29, 1.82) is 0 Å². The van der Waals surface area contributed by atoms with Crippen LogP contribution in [0.25, 0.3) is 11.1 Å². The summed E-state index contributed by atoms with van der Waals surface area (Å²) in [5.41, 5.74) is 4.58. The Kier molecular flexibility index (Phi) is 7.10. The Morgan fingerprint density at radius 2 is 1.83 bits per heavy atom. The van der Waals surface area contributed by atoms with Gasteiger partial charge in [0.15, 0.2) is 18.1 Å². The molecule has 0 saturated carbocycles. The average molecular weight is 497 g/mol. The lowest BCUT2D eigenvalue weighted by Crippen LogP contribution is -2.40. The number of ether oxygens (including phenoxy) is 3. The summed E-state index contributed by atoms with van der Waals surface area (Å²) in [7, 11) is 2.00. The second-order valence-corrected chi connectivity index (χ2v) is 9.87. The fourth-order valence-electron chi connectivity index (χ4n) is 4.14. The summed E-state index contributed by atoms with van der Waals surface area (Å²) in [4.78, 5) is 16.7. The molecule has 1 amide bonds. The Morgan fingerprint density at radius 3 is 2.63 bits per heavy atom. The summed E-state index contributed by atoms with van der Waals surface area (Å²) in [6, 6.07) is 12.0. The Morgan fingerprint density at radius 1 is 1.06 bits per heavy atom. The minimum absolute atomic E-state index is 0.0220. The van der Waals surface area contributed by atoms with Gasteiger partial charge in [-0.15, -0.1) is 0 Å². The first kappa shape index (κ1) is 23.5. The van der Waals surface area contributed by atoms with Crippen LogP contribution in [0.4, 0.5) is 0 Å². The third kappa shape index (κ3) is 5.54. The van der Waals surface area contributed by atoms with E-state index in [0.717, 1.165) is 64.2 Å². The minimum Gasteiger partial charge on any atom is -0.483 e. The molecule has 1 aromatic heterocycles. The van der Waals surface area contributed by atoms with Gasteiger partial charge < -0.3 is 19.1 Å². The molecule has 1 fully saturated rings. The molecule has 0 atom stereocenters. The fraction of sp³-hybridized carbons (Fsp3) is 0.400. The van der Waals surface area contributed by atoms with Crippen LogP contribution in [0, 0.1) is 6.92 Å². The van der Waals surface area contributed by atoms with Gasteiger partial charge in [-0.05, 0) is 49.4 Å². The Labute approximate surface area is 208 Å². The van der Waals surface area contributed by atoms with Gasteiger partial charge in [-0.3, -0.25) is 9.69 Å². The van der Waals surface area contributed by atoms with E-state index in [1.807, 2.05) is 61.0 Å². The molecule has 0 unspecified atom stereocenters. The number of aromatic nitrogens is 2. The topological polar surface area (TPSA) is 90.2 Å². The lowest BCUT2D eigenvalue weighted by atomic mass is 10.0. The zero-order chi connectivity index (χ0) is 24.2. The maximum absolute atomic E-state index is 12.7. The van der Waals surface area contributed by atoms with E-state index >= 15 is 0 Å². The largest absolute Gasteiger partial charge is 0.483 e. The van der Waals surface area contributed by atoms with E-state index in [1.54, 1.807) is 0 Å². The molecule has 5 rings (SSSR count). The fourth-order valence-corrected chi connectivity index (χ4v) is 5.04. The summed E-state index contributed by atoms with van der Waals surface area (Å²) in [6.07, 6.45) is 0. The molecular formula is C25H28N4O5S. The van der Waals surface area contributed by atoms with Crippen LogP contribution in [-0.4, -0.2) is 71.1 Å². The van der Waals surface area contributed by atoms with Gasteiger partial charge >= 0.3 is 0 Å². The quantitative estimate of drug-likeness (QED) is 0.466. The van der Waals surface area contributed by atoms with Crippen LogP contribution in [0.1, 0.15) is 17.0 Å². The number of nitrogens with zero attached hydrogens (tertiary/aromatic N) is 4. The van der Waals surface area contributed by atoms with Crippen LogP contribution in [0.3, 0.4) is 0 Å². The lowest BCUT2D eigenvalue weighted by molar-refractivity contribution is -0.133. The first-order valence-electron chi connectivity index (χ1n) is 11.5. The van der Waals surface area contributed by atoms with Crippen LogP contribution in [-0.2, 0) is 17.9 Å². The van der Waals surface area contributed by atoms with Gasteiger partial charge in [0.1, 0.15) is 17.1 Å². The predicted octanol–water partition coefficient (Wildman–Crippen LogP) is 3.36. The monoisotopic (exact) mass is 496 g/mol. The zero-order valence-electron chi connectivity index (χ0n) is 19.9. The summed E-state index contributed by atoms with van der Waals surface area (Å²) in [5.74, 6) is 4.15. The van der Waals surface area contributed by atoms with Crippen LogP contribution < -0.4 is 14.2 Å². The van der Waals surface area contributed by atoms with Crippen molar-refractivity contribution in [1.82, 2.24) is 20.1 Å². The van der Waals surface area contributed by atoms with E-state index in [1.165, 1.54) is 0 Å². The van der Waals surface area contributed by atoms with Crippen molar-refractivity contribution >= 4 is 17.7 Å². The highest BCUT2D eigenvalue weighted by atomic mass is 32.2. The molecule has 1 saturated heterocycles. The number of carbonyl (C=O) groups is 1. The lowest BCUT2D eigenvalue weighted by Gasteiger charge is -2.26. The first-order chi connectivity index (χ1) is 17.1. The SMILES string of the molecule is Cc1nonc1CN(C)Cc1cc(-c2ccc3c(c2)OCO3)ccc1OCC(=O)N1CCSCC1. The molecule has 35 heavy (non-hydrogen) atoms. The number of thioether (sulfide) groups is 1. The standard InChI is InChI=1S/C25H28N4O5S/c1-17-21(27-34-26-17)14-28(2)13-20-11-18(19-4-6-23-24(12-19)33-16-32-23)3-5-22(20)31-15-25(30)29-7-9-35-10-8-29/h3-6,11-12H,7-10,13-16H2,1-2H3. The average Bonchev–Trinajstić information content (AvgIpc) is 3.51. The number of hydrogen-bond donors (Lipinski definition) is 0. The molecule has 2 aliphatic rings. The normalized spacial score (nSPS) is 15.0. The van der Waals surface area contributed by atoms with Crippen molar-refractivity contribution < 1.29 is 23.6 Å². The number of benzene rings is 2. The molecule has 0 N–H and O–H groups in total. The molecule has 0 radical (unpaired) electrons. The maximum Gasteiger partial charge on any atom is 0.260 e. The first-order valence-corrected chi connectivity index (χ1v) is 12.7. The number of rotatable bonds is 8. The molecule has 10 heteroatoms. The molecule has 184 valence electrons. The number of amides is 1. The third-order valence-electron chi connectivity index (χ3n) is 6.09. The molecule has 9 nitrogen and oxygen atoms in total. The van der Waals surface area contributed by atoms with E-state index < -0.39 is 0 Å². The van der Waals surface area contributed by atoms with Crippen molar-refractivity contribution in [3.63, 3.8) is 0 Å². The smallest absolute Gasteiger partial charge is 0.260 e. The van der Waals surface area contributed by atoms with Crippen molar-refractivity contribution in [3.8, 4) is 28.4 Å². The molecule has 2 aliphatic heterocycles. The predicted molar refractivity (Wildman–Crippen MR) is 132 cm³/mol. The van der Waals surface area contributed by atoms with Crippen molar-refractivity contribution in [2.24, 2.45) is 0 Å². The van der Waals surface area contributed by atoms with Crippen LogP contribution >= 0.6 is 11.8 Å². The van der Waals surface area contributed by atoms with Crippen molar-refractivity contribution in [3.05, 3.63) is 53.3 Å². The van der Waals surface area contributed by atoms with E-state index in [0.29, 0.717) is 18.8 Å². The van der Waals surface area contributed by atoms with Gasteiger partial charge in [-0.1, -0.05) is 22.4 Å². The number of carbonyl (C=O) groups excluding carboxylic acids is 1. The highest BCUT2D eigenvalue weighted by Crippen LogP contribution is 2.37. The highest BCUT2D eigenvalue weighted by Gasteiger charge is 2.19. The summed E-state index contributed by atoms with van der Waals surface area (Å²) in [6.45, 7) is 4.85. The van der Waals surface area contributed by atoms with Crippen molar-refractivity contribution in [2.75, 3.05) is 45.0 Å². The van der Waals surface area contributed by atoms with Gasteiger partial charge in [0.2, 0.25) is 6.79 Å². The van der Waals surface area contributed by atoms with E-state index in [9.17, 15) is 4.79 Å². The minimum atomic E-state index is 0.0220.